The van der Waals surface area contributed by atoms with Crippen molar-refractivity contribution < 1.29 is 36.1 Å². The number of ether oxygens (including phenoxy) is 2. The van der Waals surface area contributed by atoms with E-state index < -0.39 is 0 Å². The van der Waals surface area contributed by atoms with E-state index in [0.29, 0.717) is 0 Å². The molecule has 4 rings (SSSR count). The molecule has 4 nitrogen and oxygen atoms in total. The number of aryl methyl sites for hydroxylation is 2. The number of rotatable bonds is 6. The molecule has 2 aromatic rings. The molecule has 2 aromatic carbocycles. The van der Waals surface area contributed by atoms with Gasteiger partial charge in [-0.2, -0.15) is 0 Å². The van der Waals surface area contributed by atoms with Crippen LogP contribution in [0.3, 0.4) is 0 Å². The summed E-state index contributed by atoms with van der Waals surface area (Å²) in [5.74, 6) is 1.38. The van der Waals surface area contributed by atoms with Gasteiger partial charge in [-0.15, -0.1) is 0 Å². The number of halogens is 2. The largest absolute Gasteiger partial charge is 0.457 e. The zero-order valence-electron chi connectivity index (χ0n) is 21.0. The third kappa shape index (κ3) is 8.95. The standard InChI is InChI=1S/2C15H14BrO2.Fe/c2*1-10-6-3-4-7-12(10)15(18-11(2)17)13-8-5-9-14(13)16;/h2*3-9,15H,1-2H3;/t2*15-;/m11./s1. The maximum atomic E-state index is 11.3. The predicted octanol–water partition coefficient (Wildman–Crippen LogP) is 7.45. The van der Waals surface area contributed by atoms with Crippen LogP contribution in [0.4, 0.5) is 0 Å². The van der Waals surface area contributed by atoms with Gasteiger partial charge in [-0.3, -0.25) is 9.59 Å². The van der Waals surface area contributed by atoms with Crippen molar-refractivity contribution in [2.45, 2.75) is 39.9 Å². The summed E-state index contributed by atoms with van der Waals surface area (Å²) in [6, 6.07) is 15.9. The van der Waals surface area contributed by atoms with Gasteiger partial charge in [0.25, 0.3) is 0 Å². The molecule has 2 saturated carbocycles. The van der Waals surface area contributed by atoms with Crippen LogP contribution in [0.2, 0.25) is 0 Å². The molecule has 0 saturated heterocycles. The third-order valence-corrected chi connectivity index (χ3v) is 7.11. The van der Waals surface area contributed by atoms with E-state index in [9.17, 15) is 9.59 Å². The molecular formula is C30H28Br2FeO4. The molecule has 2 atom stereocenters. The maximum Gasteiger partial charge on any atom is 0.303 e. The predicted molar refractivity (Wildman–Crippen MR) is 148 cm³/mol. The summed E-state index contributed by atoms with van der Waals surface area (Å²) in [6.45, 7) is 6.90. The molecule has 0 amide bonds. The van der Waals surface area contributed by atoms with Gasteiger partial charge in [-0.1, -0.05) is 80.4 Å². The number of hydrogen-bond acceptors (Lipinski definition) is 4. The Balaban J connectivity index is 0.000000253. The molecule has 194 valence electrons. The van der Waals surface area contributed by atoms with Gasteiger partial charge < -0.3 is 9.47 Å². The Labute approximate surface area is 249 Å². The van der Waals surface area contributed by atoms with Crippen LogP contribution < -0.4 is 0 Å². The number of hydrogen-bond donors (Lipinski definition) is 0. The number of benzene rings is 2. The normalized spacial score (nSPS) is 18.3. The van der Waals surface area contributed by atoms with Crippen molar-refractivity contribution in [1.82, 2.24) is 0 Å². The van der Waals surface area contributed by atoms with E-state index in [-0.39, 0.29) is 41.2 Å². The fraction of sp³-hybridized carbons (Fsp3) is 0.200. The first-order valence-electron chi connectivity index (χ1n) is 11.5. The van der Waals surface area contributed by atoms with Gasteiger partial charge in [0.05, 0.1) is 9.65 Å². The Bertz CT molecular complexity index is 949. The number of carbonyl (C=O) groups excluding carboxylic acids is 2. The summed E-state index contributed by atoms with van der Waals surface area (Å²) in [6.07, 6.45) is 11.0. The first kappa shape index (κ1) is 32.1. The van der Waals surface area contributed by atoms with Crippen LogP contribution in [0.5, 0.6) is 0 Å². The van der Waals surface area contributed by atoms with Crippen LogP contribution in [-0.4, -0.2) is 11.9 Å². The summed E-state index contributed by atoms with van der Waals surface area (Å²) < 4.78 is 10.9. The topological polar surface area (TPSA) is 52.6 Å². The van der Waals surface area contributed by atoms with Crippen molar-refractivity contribution in [3.63, 3.8) is 0 Å². The quantitative estimate of drug-likeness (QED) is 0.237. The van der Waals surface area contributed by atoms with E-state index in [1.165, 1.54) is 13.8 Å². The fourth-order valence-corrected chi connectivity index (χ4v) is 4.92. The molecule has 2 aliphatic rings. The van der Waals surface area contributed by atoms with Gasteiger partial charge in [-0.25, -0.2) is 0 Å². The molecule has 0 unspecified atom stereocenters. The molecule has 0 heterocycles. The van der Waals surface area contributed by atoms with Gasteiger partial charge in [0, 0.05) is 42.8 Å². The molecule has 7 heteroatoms. The van der Waals surface area contributed by atoms with Crippen molar-refractivity contribution in [3.8, 4) is 0 Å². The van der Waals surface area contributed by atoms with E-state index in [0.717, 1.165) is 43.7 Å². The van der Waals surface area contributed by atoms with Crippen LogP contribution in [0.15, 0.2) is 48.5 Å². The van der Waals surface area contributed by atoms with Crippen LogP contribution in [0, 0.1) is 73.9 Å². The van der Waals surface area contributed by atoms with E-state index in [4.69, 9.17) is 9.47 Å². The molecule has 10 radical (unpaired) electrons. The van der Waals surface area contributed by atoms with Crippen molar-refractivity contribution in [3.05, 3.63) is 131 Å². The molecule has 0 aromatic heterocycles. The van der Waals surface area contributed by atoms with E-state index >= 15 is 0 Å². The average molecular weight is 668 g/mol. The first-order chi connectivity index (χ1) is 17.2. The van der Waals surface area contributed by atoms with Crippen LogP contribution in [-0.2, 0) is 36.1 Å². The Morgan fingerprint density at radius 1 is 0.649 bits per heavy atom. The molecule has 0 aliphatic heterocycles. The monoisotopic (exact) mass is 666 g/mol. The Hall–Kier alpha value is -1.14. The molecule has 2 fully saturated rings. The second-order valence-electron chi connectivity index (χ2n) is 8.35. The summed E-state index contributed by atoms with van der Waals surface area (Å²) >= 11 is 6.97. The van der Waals surface area contributed by atoms with Gasteiger partial charge in [0.2, 0.25) is 0 Å². The second kappa shape index (κ2) is 15.5. The Morgan fingerprint density at radius 2 is 1.00 bits per heavy atom. The summed E-state index contributed by atoms with van der Waals surface area (Å²) in [5.41, 5.74) is 4.24. The van der Waals surface area contributed by atoms with Gasteiger partial charge in [0.15, 0.2) is 0 Å². The first-order valence-corrected chi connectivity index (χ1v) is 13.0. The zero-order valence-corrected chi connectivity index (χ0v) is 25.3. The zero-order chi connectivity index (χ0) is 26.2. The fourth-order valence-electron chi connectivity index (χ4n) is 3.93. The van der Waals surface area contributed by atoms with Crippen molar-refractivity contribution in [2.75, 3.05) is 0 Å². The molecule has 0 N–H and O–H groups in total. The smallest absolute Gasteiger partial charge is 0.303 e. The summed E-state index contributed by atoms with van der Waals surface area (Å²) in [5, 5.41) is 0. The minimum atomic E-state index is -0.354. The summed E-state index contributed by atoms with van der Waals surface area (Å²) in [7, 11) is 0. The van der Waals surface area contributed by atoms with Gasteiger partial charge in [-0.05, 0) is 74.6 Å². The van der Waals surface area contributed by atoms with Crippen molar-refractivity contribution >= 4 is 43.8 Å². The van der Waals surface area contributed by atoms with Crippen LogP contribution in [0.25, 0.3) is 0 Å². The second-order valence-corrected chi connectivity index (χ2v) is 10.1. The van der Waals surface area contributed by atoms with Crippen LogP contribution >= 0.6 is 31.9 Å². The average Bonchev–Trinajstić information content (AvgIpc) is 3.45. The molecule has 2 aliphatic carbocycles. The maximum absolute atomic E-state index is 11.3. The molecule has 37 heavy (non-hydrogen) atoms. The van der Waals surface area contributed by atoms with Gasteiger partial charge in [0.1, 0.15) is 12.2 Å². The third-order valence-electron chi connectivity index (χ3n) is 5.66. The van der Waals surface area contributed by atoms with E-state index in [1.54, 1.807) is 0 Å². The van der Waals surface area contributed by atoms with Crippen molar-refractivity contribution in [2.24, 2.45) is 0 Å². The minimum absolute atomic E-state index is 0. The minimum Gasteiger partial charge on any atom is -0.457 e. The molecular weight excluding hydrogens is 640 g/mol. The van der Waals surface area contributed by atoms with Crippen molar-refractivity contribution in [1.29, 1.82) is 0 Å². The Morgan fingerprint density at radius 3 is 1.27 bits per heavy atom. The molecule has 0 spiro atoms. The van der Waals surface area contributed by atoms with E-state index in [2.05, 4.69) is 31.9 Å². The van der Waals surface area contributed by atoms with E-state index in [1.807, 2.05) is 101 Å². The SMILES string of the molecule is CC(=O)O[C@@H]([C]1[CH][CH][CH][C]1Br)c1ccccc1C.CC(=O)O[C@@H]([C]1[CH][CH][CH][C]1Br)c1ccccc1C.[Fe]. The van der Waals surface area contributed by atoms with Crippen LogP contribution in [0.1, 0.15) is 48.3 Å². The Kier molecular flexibility index (Phi) is 13.4. The molecule has 0 bridgehead atoms. The number of carbonyl (C=O) groups is 2. The van der Waals surface area contributed by atoms with Gasteiger partial charge >= 0.3 is 11.9 Å². The summed E-state index contributed by atoms with van der Waals surface area (Å²) in [4.78, 5) is 24.5. The number of esters is 2.